The molecule has 0 radical (unpaired) electrons. The third-order valence-electron chi connectivity index (χ3n) is 8.70. The fourth-order valence-electron chi connectivity index (χ4n) is 5.14. The normalized spacial score (nSPS) is 15.7. The number of hydrogen-bond acceptors (Lipinski definition) is 4. The van der Waals surface area contributed by atoms with Crippen LogP contribution in [-0.2, 0) is 6.42 Å². The van der Waals surface area contributed by atoms with Crippen LogP contribution in [0.15, 0.2) is 36.4 Å². The van der Waals surface area contributed by atoms with Crippen LogP contribution in [0.25, 0.3) is 0 Å². The second-order valence-corrected chi connectivity index (χ2v) is 10.8. The van der Waals surface area contributed by atoms with Crippen molar-refractivity contribution in [1.82, 2.24) is 9.80 Å². The first-order chi connectivity index (χ1) is 17.0. The van der Waals surface area contributed by atoms with E-state index in [9.17, 15) is 19.2 Å². The van der Waals surface area contributed by atoms with Crippen molar-refractivity contribution in [3.63, 3.8) is 0 Å². The summed E-state index contributed by atoms with van der Waals surface area (Å²) < 4.78 is 0. The number of hydrogen-bond donors (Lipinski definition) is 0. The quantitative estimate of drug-likeness (QED) is 0.414. The van der Waals surface area contributed by atoms with Crippen molar-refractivity contribution < 1.29 is 19.2 Å². The number of amides is 4. The molecule has 6 heteroatoms. The molecule has 4 rings (SSSR count). The SMILES string of the molecule is CCC(C)(CC)CN1C(=O)c2ccc(Cc3ccc4c(c3)C(=O)N(C(C)(CC)CC)C4=O)cc2C1=O. The minimum Gasteiger partial charge on any atom is -0.274 e. The highest BCUT2D eigenvalue weighted by atomic mass is 16.2. The molecule has 2 aromatic carbocycles. The van der Waals surface area contributed by atoms with Gasteiger partial charge in [-0.15, -0.1) is 0 Å². The first-order valence-corrected chi connectivity index (χ1v) is 13.0. The molecule has 0 saturated heterocycles. The summed E-state index contributed by atoms with van der Waals surface area (Å²) in [7, 11) is 0. The van der Waals surface area contributed by atoms with Crippen LogP contribution in [0.4, 0.5) is 0 Å². The summed E-state index contributed by atoms with van der Waals surface area (Å²) in [5.74, 6) is -0.955. The zero-order valence-corrected chi connectivity index (χ0v) is 22.2. The Morgan fingerprint density at radius 3 is 1.56 bits per heavy atom. The Kier molecular flexibility index (Phi) is 6.67. The van der Waals surface area contributed by atoms with Crippen LogP contribution >= 0.6 is 0 Å². The molecule has 2 aliphatic rings. The van der Waals surface area contributed by atoms with Crippen LogP contribution < -0.4 is 0 Å². The average molecular weight is 489 g/mol. The lowest BCUT2D eigenvalue weighted by Gasteiger charge is -2.35. The van der Waals surface area contributed by atoms with E-state index >= 15 is 0 Å². The lowest BCUT2D eigenvalue weighted by atomic mass is 9.84. The number of rotatable bonds is 9. The third kappa shape index (κ3) is 4.06. The van der Waals surface area contributed by atoms with E-state index in [1.165, 1.54) is 9.80 Å². The molecule has 4 amide bonds. The van der Waals surface area contributed by atoms with Gasteiger partial charge in [-0.1, -0.05) is 46.8 Å². The van der Waals surface area contributed by atoms with Crippen LogP contribution in [0.5, 0.6) is 0 Å². The topological polar surface area (TPSA) is 74.8 Å². The number of benzene rings is 2. The highest BCUT2D eigenvalue weighted by Gasteiger charge is 2.45. The largest absolute Gasteiger partial charge is 0.274 e. The maximum absolute atomic E-state index is 13.2. The molecule has 0 spiro atoms. The molecule has 0 fully saturated rings. The summed E-state index contributed by atoms with van der Waals surface area (Å²) >= 11 is 0. The second kappa shape index (κ2) is 9.30. The highest BCUT2D eigenvalue weighted by molar-refractivity contribution is 6.22. The van der Waals surface area contributed by atoms with Gasteiger partial charge in [0.05, 0.1) is 22.3 Å². The van der Waals surface area contributed by atoms with Gasteiger partial charge in [0.15, 0.2) is 0 Å². The fourth-order valence-corrected chi connectivity index (χ4v) is 5.14. The van der Waals surface area contributed by atoms with E-state index in [4.69, 9.17) is 0 Å². The summed E-state index contributed by atoms with van der Waals surface area (Å²) in [5.41, 5.74) is 2.90. The molecule has 0 bridgehead atoms. The van der Waals surface area contributed by atoms with Crippen molar-refractivity contribution in [3.8, 4) is 0 Å². The minimum absolute atomic E-state index is 0.107. The average Bonchev–Trinajstić information content (AvgIpc) is 3.27. The van der Waals surface area contributed by atoms with Gasteiger partial charge in [0, 0.05) is 12.1 Å². The van der Waals surface area contributed by atoms with E-state index in [0.717, 1.165) is 24.0 Å². The van der Waals surface area contributed by atoms with Crippen molar-refractivity contribution in [3.05, 3.63) is 69.8 Å². The van der Waals surface area contributed by atoms with E-state index in [1.54, 1.807) is 24.3 Å². The Morgan fingerprint density at radius 1 is 0.611 bits per heavy atom. The number of carbonyl (C=O) groups excluding carboxylic acids is 4. The lowest BCUT2D eigenvalue weighted by molar-refractivity contribution is 0.0433. The number of imide groups is 2. The number of carbonyl (C=O) groups is 4. The maximum atomic E-state index is 13.2. The van der Waals surface area contributed by atoms with Gasteiger partial charge in [-0.25, -0.2) is 0 Å². The van der Waals surface area contributed by atoms with Crippen LogP contribution in [0.1, 0.15) is 120 Å². The smallest absolute Gasteiger partial charge is 0.262 e. The van der Waals surface area contributed by atoms with Crippen molar-refractivity contribution in [1.29, 1.82) is 0 Å². The van der Waals surface area contributed by atoms with Crippen LogP contribution in [-0.4, -0.2) is 45.5 Å². The number of fused-ring (bicyclic) bond motifs is 2. The Hall–Kier alpha value is -3.28. The van der Waals surface area contributed by atoms with Gasteiger partial charge in [-0.2, -0.15) is 0 Å². The Morgan fingerprint density at radius 2 is 1.06 bits per heavy atom. The Labute approximate surface area is 213 Å². The Balaban J connectivity index is 1.59. The van der Waals surface area contributed by atoms with Crippen molar-refractivity contribution in [2.24, 2.45) is 5.41 Å². The van der Waals surface area contributed by atoms with Crippen molar-refractivity contribution >= 4 is 23.6 Å². The molecule has 190 valence electrons. The standard InChI is InChI=1S/C30H36N2O4/c1-7-29(5,8-2)18-31-25(33)21-13-11-19(16-23(21)26(31)34)15-20-12-14-22-24(17-20)28(36)32(27(22)35)30(6,9-3)10-4/h11-14,16-17H,7-10,15,18H2,1-6H3. The Bertz CT molecular complexity index is 1250. The molecule has 0 N–H and O–H groups in total. The van der Waals surface area contributed by atoms with Gasteiger partial charge in [-0.05, 0) is 79.8 Å². The summed E-state index contributed by atoms with van der Waals surface area (Å²) in [6.45, 7) is 12.6. The molecule has 0 unspecified atom stereocenters. The van der Waals surface area contributed by atoms with E-state index in [-0.39, 0.29) is 29.0 Å². The summed E-state index contributed by atoms with van der Waals surface area (Å²) in [5, 5.41) is 0. The predicted octanol–water partition coefficient (Wildman–Crippen LogP) is 5.87. The summed E-state index contributed by atoms with van der Waals surface area (Å²) in [4.78, 5) is 55.2. The highest BCUT2D eigenvalue weighted by Crippen LogP contribution is 2.35. The molecule has 0 saturated carbocycles. The van der Waals surface area contributed by atoms with E-state index in [1.807, 2.05) is 32.9 Å². The molecule has 6 nitrogen and oxygen atoms in total. The summed E-state index contributed by atoms with van der Waals surface area (Å²) in [6, 6.07) is 10.8. The van der Waals surface area contributed by atoms with E-state index in [2.05, 4.69) is 20.8 Å². The summed E-state index contributed by atoms with van der Waals surface area (Å²) in [6.07, 6.45) is 3.64. The predicted molar refractivity (Wildman–Crippen MR) is 139 cm³/mol. The maximum Gasteiger partial charge on any atom is 0.262 e. The molecule has 2 aromatic rings. The molecule has 0 atom stereocenters. The van der Waals surface area contributed by atoms with Gasteiger partial charge in [0.2, 0.25) is 0 Å². The second-order valence-electron chi connectivity index (χ2n) is 10.8. The van der Waals surface area contributed by atoms with Gasteiger partial charge in [0.25, 0.3) is 23.6 Å². The van der Waals surface area contributed by atoms with Crippen LogP contribution in [0, 0.1) is 5.41 Å². The molecule has 0 aliphatic carbocycles. The van der Waals surface area contributed by atoms with Crippen LogP contribution in [0.2, 0.25) is 0 Å². The van der Waals surface area contributed by atoms with E-state index in [0.29, 0.717) is 48.1 Å². The van der Waals surface area contributed by atoms with Gasteiger partial charge >= 0.3 is 0 Å². The van der Waals surface area contributed by atoms with Gasteiger partial charge in [0.1, 0.15) is 0 Å². The molecule has 0 aromatic heterocycles. The minimum atomic E-state index is -0.516. The van der Waals surface area contributed by atoms with Gasteiger partial charge in [-0.3, -0.25) is 29.0 Å². The first-order valence-electron chi connectivity index (χ1n) is 13.0. The van der Waals surface area contributed by atoms with Crippen molar-refractivity contribution in [2.45, 2.75) is 79.2 Å². The monoisotopic (exact) mass is 488 g/mol. The van der Waals surface area contributed by atoms with Gasteiger partial charge < -0.3 is 0 Å². The molecular formula is C30H36N2O4. The number of nitrogens with zero attached hydrogens (tertiary/aromatic N) is 2. The van der Waals surface area contributed by atoms with E-state index < -0.39 is 5.54 Å². The molecule has 2 aliphatic heterocycles. The zero-order valence-electron chi connectivity index (χ0n) is 22.2. The molecule has 36 heavy (non-hydrogen) atoms. The fraction of sp³-hybridized carbons (Fsp3) is 0.467. The molecular weight excluding hydrogens is 452 g/mol. The molecule has 2 heterocycles. The van der Waals surface area contributed by atoms with Crippen LogP contribution in [0.3, 0.4) is 0 Å². The first kappa shape index (κ1) is 25.8. The lowest BCUT2D eigenvalue weighted by Crippen LogP contribution is -2.48. The van der Waals surface area contributed by atoms with Crippen molar-refractivity contribution in [2.75, 3.05) is 6.54 Å². The third-order valence-corrected chi connectivity index (χ3v) is 8.70. The zero-order chi connectivity index (χ0) is 26.4.